The average Bonchev–Trinajstić information content (AvgIpc) is 2.46. The Balaban J connectivity index is 2.17. The highest BCUT2D eigenvalue weighted by Gasteiger charge is 2.19. The average molecular weight is 249 g/mol. The van der Waals surface area contributed by atoms with Gasteiger partial charge in [0.05, 0.1) is 25.9 Å². The number of hydrogen-bond acceptors (Lipinski definition) is 4. The van der Waals surface area contributed by atoms with Crippen LogP contribution in [-0.4, -0.2) is 50.2 Å². The molecular weight excluding hydrogens is 234 g/mol. The predicted molar refractivity (Wildman–Crippen MR) is 64.5 cm³/mol. The first-order valence-electron chi connectivity index (χ1n) is 5.78. The Labute approximate surface area is 105 Å². The Morgan fingerprint density at radius 2 is 1.89 bits per heavy atom. The number of methoxy groups -OCH3 is 1. The van der Waals surface area contributed by atoms with Gasteiger partial charge < -0.3 is 14.4 Å². The summed E-state index contributed by atoms with van der Waals surface area (Å²) in [7, 11) is 1.32. The quantitative estimate of drug-likeness (QED) is 0.732. The lowest BCUT2D eigenvalue weighted by atomic mass is 10.1. The van der Waals surface area contributed by atoms with Crippen LogP contribution in [0.25, 0.3) is 0 Å². The van der Waals surface area contributed by atoms with Crippen molar-refractivity contribution >= 4 is 11.9 Å². The molecule has 0 unspecified atom stereocenters. The largest absolute Gasteiger partial charge is 0.465 e. The zero-order chi connectivity index (χ0) is 13.0. The van der Waals surface area contributed by atoms with E-state index in [9.17, 15) is 9.59 Å². The third-order valence-electron chi connectivity index (χ3n) is 2.83. The van der Waals surface area contributed by atoms with Crippen molar-refractivity contribution in [3.8, 4) is 0 Å². The molecule has 1 amide bonds. The van der Waals surface area contributed by atoms with E-state index in [2.05, 4.69) is 4.74 Å². The number of ether oxygens (including phenoxy) is 2. The summed E-state index contributed by atoms with van der Waals surface area (Å²) in [5.41, 5.74) is 0.886. The van der Waals surface area contributed by atoms with Gasteiger partial charge in [0.1, 0.15) is 0 Å². The van der Waals surface area contributed by atoms with E-state index in [0.29, 0.717) is 37.4 Å². The minimum Gasteiger partial charge on any atom is -0.465 e. The molecule has 0 N–H and O–H groups in total. The fourth-order valence-electron chi connectivity index (χ4n) is 1.85. The molecule has 18 heavy (non-hydrogen) atoms. The maximum atomic E-state index is 12.2. The summed E-state index contributed by atoms with van der Waals surface area (Å²) < 4.78 is 9.83. The molecule has 0 atom stereocenters. The van der Waals surface area contributed by atoms with Gasteiger partial charge in [-0.05, 0) is 18.2 Å². The first-order chi connectivity index (χ1) is 8.72. The fraction of sp³-hybridized carbons (Fsp3) is 0.385. The second-order valence-corrected chi connectivity index (χ2v) is 3.98. The van der Waals surface area contributed by atoms with Crippen LogP contribution in [0.5, 0.6) is 0 Å². The summed E-state index contributed by atoms with van der Waals surface area (Å²) in [6.07, 6.45) is 0. The number of morpholine rings is 1. The van der Waals surface area contributed by atoms with Crippen molar-refractivity contribution in [1.82, 2.24) is 4.90 Å². The SMILES string of the molecule is COC(=O)c1cccc(C(=O)N2CCOCC2)c1. The van der Waals surface area contributed by atoms with E-state index in [4.69, 9.17) is 4.74 Å². The molecule has 2 rings (SSSR count). The van der Waals surface area contributed by atoms with Crippen LogP contribution in [-0.2, 0) is 9.47 Å². The molecule has 0 saturated carbocycles. The van der Waals surface area contributed by atoms with Crippen molar-refractivity contribution in [2.45, 2.75) is 0 Å². The lowest BCUT2D eigenvalue weighted by molar-refractivity contribution is 0.0303. The topological polar surface area (TPSA) is 55.8 Å². The van der Waals surface area contributed by atoms with Crippen LogP contribution in [0.4, 0.5) is 0 Å². The molecule has 1 aliphatic heterocycles. The highest BCUT2D eigenvalue weighted by molar-refractivity contribution is 5.97. The summed E-state index contributed by atoms with van der Waals surface area (Å²) in [4.78, 5) is 25.3. The smallest absolute Gasteiger partial charge is 0.337 e. The van der Waals surface area contributed by atoms with Crippen LogP contribution in [0, 0.1) is 0 Å². The molecule has 1 aromatic carbocycles. The summed E-state index contributed by atoms with van der Waals surface area (Å²) in [6.45, 7) is 2.29. The van der Waals surface area contributed by atoms with Gasteiger partial charge in [-0.2, -0.15) is 0 Å². The normalized spacial score (nSPS) is 15.3. The second-order valence-electron chi connectivity index (χ2n) is 3.98. The van der Waals surface area contributed by atoms with E-state index in [-0.39, 0.29) is 5.91 Å². The number of nitrogens with zero attached hydrogens (tertiary/aromatic N) is 1. The van der Waals surface area contributed by atoms with Gasteiger partial charge in [0.2, 0.25) is 0 Å². The Morgan fingerprint density at radius 1 is 1.22 bits per heavy atom. The maximum absolute atomic E-state index is 12.2. The molecule has 5 heteroatoms. The summed E-state index contributed by atoms with van der Waals surface area (Å²) in [5, 5.41) is 0. The number of carbonyl (C=O) groups is 2. The van der Waals surface area contributed by atoms with Crippen LogP contribution in [0.3, 0.4) is 0 Å². The standard InChI is InChI=1S/C13H15NO4/c1-17-13(16)11-4-2-3-10(9-11)12(15)14-5-7-18-8-6-14/h2-4,9H,5-8H2,1H3. The number of esters is 1. The second kappa shape index (κ2) is 5.64. The monoisotopic (exact) mass is 249 g/mol. The number of amides is 1. The molecule has 0 aromatic heterocycles. The van der Waals surface area contributed by atoms with Crippen LogP contribution in [0.2, 0.25) is 0 Å². The summed E-state index contributed by atoms with van der Waals surface area (Å²) in [5.74, 6) is -0.518. The number of rotatable bonds is 2. The molecule has 1 aromatic rings. The Bertz CT molecular complexity index is 452. The van der Waals surface area contributed by atoms with E-state index in [1.165, 1.54) is 7.11 Å². The third-order valence-corrected chi connectivity index (χ3v) is 2.83. The molecular formula is C13H15NO4. The van der Waals surface area contributed by atoms with Crippen LogP contribution in [0.1, 0.15) is 20.7 Å². The highest BCUT2D eigenvalue weighted by atomic mass is 16.5. The first-order valence-corrected chi connectivity index (χ1v) is 5.78. The van der Waals surface area contributed by atoms with Crippen LogP contribution >= 0.6 is 0 Å². The van der Waals surface area contributed by atoms with Gasteiger partial charge in [0.25, 0.3) is 5.91 Å². The molecule has 1 heterocycles. The molecule has 0 radical (unpaired) electrons. The number of carbonyl (C=O) groups excluding carboxylic acids is 2. The molecule has 0 bridgehead atoms. The van der Waals surface area contributed by atoms with E-state index in [0.717, 1.165) is 0 Å². The minimum atomic E-state index is -0.438. The zero-order valence-electron chi connectivity index (χ0n) is 10.2. The highest BCUT2D eigenvalue weighted by Crippen LogP contribution is 2.11. The molecule has 0 spiro atoms. The lowest BCUT2D eigenvalue weighted by Crippen LogP contribution is -2.40. The molecule has 96 valence electrons. The van der Waals surface area contributed by atoms with Gasteiger partial charge in [-0.1, -0.05) is 6.07 Å². The van der Waals surface area contributed by atoms with Crippen LogP contribution in [0.15, 0.2) is 24.3 Å². The first kappa shape index (κ1) is 12.6. The van der Waals surface area contributed by atoms with E-state index < -0.39 is 5.97 Å². The molecule has 5 nitrogen and oxygen atoms in total. The third kappa shape index (κ3) is 2.68. The Hall–Kier alpha value is -1.88. The van der Waals surface area contributed by atoms with Gasteiger partial charge in [-0.25, -0.2) is 4.79 Å². The van der Waals surface area contributed by atoms with E-state index in [1.54, 1.807) is 29.2 Å². The number of hydrogen-bond donors (Lipinski definition) is 0. The van der Waals surface area contributed by atoms with Crippen molar-refractivity contribution < 1.29 is 19.1 Å². The molecule has 1 aliphatic rings. The van der Waals surface area contributed by atoms with Crippen molar-refractivity contribution in [2.24, 2.45) is 0 Å². The van der Waals surface area contributed by atoms with Gasteiger partial charge >= 0.3 is 5.97 Å². The Kier molecular flexibility index (Phi) is 3.94. The molecule has 1 saturated heterocycles. The van der Waals surface area contributed by atoms with Crippen LogP contribution < -0.4 is 0 Å². The van der Waals surface area contributed by atoms with Gasteiger partial charge in [-0.3, -0.25) is 4.79 Å². The van der Waals surface area contributed by atoms with Crippen molar-refractivity contribution in [1.29, 1.82) is 0 Å². The van der Waals surface area contributed by atoms with Crippen molar-refractivity contribution in [3.05, 3.63) is 35.4 Å². The Morgan fingerprint density at radius 3 is 2.56 bits per heavy atom. The van der Waals surface area contributed by atoms with Gasteiger partial charge in [-0.15, -0.1) is 0 Å². The summed E-state index contributed by atoms with van der Waals surface area (Å²) >= 11 is 0. The summed E-state index contributed by atoms with van der Waals surface area (Å²) in [6, 6.07) is 6.57. The van der Waals surface area contributed by atoms with Gasteiger partial charge in [0.15, 0.2) is 0 Å². The van der Waals surface area contributed by atoms with Crippen molar-refractivity contribution in [3.63, 3.8) is 0 Å². The van der Waals surface area contributed by atoms with E-state index >= 15 is 0 Å². The van der Waals surface area contributed by atoms with E-state index in [1.807, 2.05) is 0 Å². The maximum Gasteiger partial charge on any atom is 0.337 e. The minimum absolute atomic E-state index is 0.0796. The van der Waals surface area contributed by atoms with Gasteiger partial charge in [0, 0.05) is 18.7 Å². The number of benzene rings is 1. The predicted octanol–water partition coefficient (Wildman–Crippen LogP) is 0.946. The van der Waals surface area contributed by atoms with Crippen molar-refractivity contribution in [2.75, 3.05) is 33.4 Å². The zero-order valence-corrected chi connectivity index (χ0v) is 10.2. The lowest BCUT2D eigenvalue weighted by Gasteiger charge is -2.26. The molecule has 1 fully saturated rings. The molecule has 0 aliphatic carbocycles. The fourth-order valence-corrected chi connectivity index (χ4v) is 1.85.